The largest absolute Gasteiger partial charge is 0.471 e. The van der Waals surface area contributed by atoms with Crippen LogP contribution in [0, 0.1) is 0 Å². The minimum absolute atomic E-state index is 0.0671. The molecule has 2 rings (SSSR count). The highest BCUT2D eigenvalue weighted by molar-refractivity contribution is 5.96. The van der Waals surface area contributed by atoms with Gasteiger partial charge in [0.15, 0.2) is 5.78 Å². The topological polar surface area (TPSA) is 46.2 Å². The maximum Gasteiger partial charge on any atom is 0.471 e. The van der Waals surface area contributed by atoms with Crippen LogP contribution >= 0.6 is 0 Å². The number of rotatable bonds is 6. The second-order valence-corrected chi connectivity index (χ2v) is 5.63. The molecule has 0 atom stereocenters. The van der Waals surface area contributed by atoms with Gasteiger partial charge < -0.3 is 5.32 Å². The van der Waals surface area contributed by atoms with Gasteiger partial charge in [-0.1, -0.05) is 49.7 Å². The molecule has 2 aromatic carbocycles. The van der Waals surface area contributed by atoms with Gasteiger partial charge >= 0.3 is 12.1 Å². The van der Waals surface area contributed by atoms with Gasteiger partial charge in [-0.2, -0.15) is 13.2 Å². The molecule has 0 aliphatic rings. The first-order valence-electron chi connectivity index (χ1n) is 7.93. The average Bonchev–Trinajstić information content (AvgIpc) is 2.59. The second-order valence-electron chi connectivity index (χ2n) is 5.63. The molecule has 132 valence electrons. The number of Topliss-reactive ketones (excluding diaryl/α,β-unsaturated/α-hetero) is 1. The van der Waals surface area contributed by atoms with Crippen molar-refractivity contribution in [2.75, 3.05) is 5.32 Å². The van der Waals surface area contributed by atoms with Crippen LogP contribution in [0.5, 0.6) is 0 Å². The Hall–Kier alpha value is -2.63. The van der Waals surface area contributed by atoms with E-state index in [0.29, 0.717) is 12.0 Å². The molecule has 1 amide bonds. The van der Waals surface area contributed by atoms with Crippen LogP contribution in [0.2, 0.25) is 0 Å². The highest BCUT2D eigenvalue weighted by Gasteiger charge is 2.38. The Bertz CT molecular complexity index is 735. The number of unbranched alkanes of at least 4 members (excludes halogenated alkanes) is 1. The van der Waals surface area contributed by atoms with E-state index in [1.54, 1.807) is 41.7 Å². The predicted octanol–water partition coefficient (Wildman–Crippen LogP) is 5.23. The summed E-state index contributed by atoms with van der Waals surface area (Å²) in [7, 11) is 0. The van der Waals surface area contributed by atoms with Crippen molar-refractivity contribution in [2.24, 2.45) is 0 Å². The van der Waals surface area contributed by atoms with Crippen LogP contribution in [-0.4, -0.2) is 17.9 Å². The van der Waals surface area contributed by atoms with E-state index >= 15 is 0 Å². The fraction of sp³-hybridized carbons (Fsp3) is 0.263. The summed E-state index contributed by atoms with van der Waals surface area (Å²) in [6.07, 6.45) is -2.59. The fourth-order valence-corrected chi connectivity index (χ4v) is 2.28. The number of anilines is 1. The molecule has 6 heteroatoms. The summed E-state index contributed by atoms with van der Waals surface area (Å²) >= 11 is 0. The van der Waals surface area contributed by atoms with E-state index in [1.165, 1.54) is 12.1 Å². The summed E-state index contributed by atoms with van der Waals surface area (Å²) in [6.45, 7) is 2.02. The molecule has 0 aromatic heterocycles. The number of ketones is 1. The third-order valence-corrected chi connectivity index (χ3v) is 3.70. The summed E-state index contributed by atoms with van der Waals surface area (Å²) in [4.78, 5) is 22.8. The molecule has 0 radical (unpaired) electrons. The maximum absolute atomic E-state index is 12.2. The number of carbonyl (C=O) groups excluding carboxylic acids is 2. The lowest BCUT2D eigenvalue weighted by atomic mass is 10.0. The number of carbonyl (C=O) groups is 2. The SMILES string of the molecule is CCCCC(=O)c1ccc(-c2ccc(NC(=O)C(F)(F)F)cc2)cc1. The zero-order chi connectivity index (χ0) is 18.4. The van der Waals surface area contributed by atoms with E-state index in [1.807, 2.05) is 6.92 Å². The lowest BCUT2D eigenvalue weighted by Crippen LogP contribution is -2.29. The normalized spacial score (nSPS) is 11.2. The molecule has 0 aliphatic carbocycles. The Morgan fingerprint density at radius 3 is 1.92 bits per heavy atom. The zero-order valence-electron chi connectivity index (χ0n) is 13.7. The Morgan fingerprint density at radius 1 is 0.920 bits per heavy atom. The molecule has 0 saturated carbocycles. The Kier molecular flexibility index (Phi) is 5.96. The summed E-state index contributed by atoms with van der Waals surface area (Å²) in [5.74, 6) is -1.91. The van der Waals surface area contributed by atoms with Crippen LogP contribution in [0.4, 0.5) is 18.9 Å². The van der Waals surface area contributed by atoms with Crippen LogP contribution in [-0.2, 0) is 4.79 Å². The molecule has 0 unspecified atom stereocenters. The number of amides is 1. The van der Waals surface area contributed by atoms with Crippen LogP contribution in [0.1, 0.15) is 36.5 Å². The van der Waals surface area contributed by atoms with E-state index in [4.69, 9.17) is 0 Å². The molecular formula is C19H18F3NO2. The van der Waals surface area contributed by atoms with Crippen molar-refractivity contribution in [3.63, 3.8) is 0 Å². The maximum atomic E-state index is 12.2. The van der Waals surface area contributed by atoms with Crippen molar-refractivity contribution in [3.8, 4) is 11.1 Å². The molecule has 0 saturated heterocycles. The highest BCUT2D eigenvalue weighted by atomic mass is 19.4. The predicted molar refractivity (Wildman–Crippen MR) is 90.4 cm³/mol. The molecule has 0 spiro atoms. The van der Waals surface area contributed by atoms with Crippen molar-refractivity contribution in [2.45, 2.75) is 32.4 Å². The molecule has 2 aromatic rings. The molecule has 0 fully saturated rings. The third kappa shape index (κ3) is 5.17. The van der Waals surface area contributed by atoms with E-state index in [-0.39, 0.29) is 11.5 Å². The number of alkyl halides is 3. The molecule has 0 heterocycles. The number of halogens is 3. The van der Waals surface area contributed by atoms with Crippen molar-refractivity contribution < 1.29 is 22.8 Å². The van der Waals surface area contributed by atoms with E-state index in [0.717, 1.165) is 24.0 Å². The number of benzene rings is 2. The first-order valence-corrected chi connectivity index (χ1v) is 7.93. The van der Waals surface area contributed by atoms with Crippen molar-refractivity contribution in [1.29, 1.82) is 0 Å². The van der Waals surface area contributed by atoms with Gasteiger partial charge in [0, 0.05) is 17.7 Å². The molecular weight excluding hydrogens is 331 g/mol. The first kappa shape index (κ1) is 18.7. The van der Waals surface area contributed by atoms with Crippen LogP contribution in [0.3, 0.4) is 0 Å². The molecule has 1 N–H and O–H groups in total. The smallest absolute Gasteiger partial charge is 0.318 e. The molecule has 25 heavy (non-hydrogen) atoms. The van der Waals surface area contributed by atoms with E-state index < -0.39 is 12.1 Å². The lowest BCUT2D eigenvalue weighted by molar-refractivity contribution is -0.167. The Balaban J connectivity index is 2.07. The van der Waals surface area contributed by atoms with Gasteiger partial charge in [-0.15, -0.1) is 0 Å². The second kappa shape index (κ2) is 7.96. The number of hydrogen-bond acceptors (Lipinski definition) is 2. The minimum atomic E-state index is -4.92. The quantitative estimate of drug-likeness (QED) is 0.726. The molecule has 3 nitrogen and oxygen atoms in total. The van der Waals surface area contributed by atoms with E-state index in [2.05, 4.69) is 0 Å². The van der Waals surface area contributed by atoms with Gasteiger partial charge in [0.1, 0.15) is 0 Å². The van der Waals surface area contributed by atoms with Crippen LogP contribution in [0.25, 0.3) is 11.1 Å². The number of hydrogen-bond donors (Lipinski definition) is 1. The first-order chi connectivity index (χ1) is 11.8. The van der Waals surface area contributed by atoms with Crippen LogP contribution < -0.4 is 5.32 Å². The van der Waals surface area contributed by atoms with Gasteiger partial charge in [-0.3, -0.25) is 9.59 Å². The van der Waals surface area contributed by atoms with Gasteiger partial charge in [-0.25, -0.2) is 0 Å². The summed E-state index contributed by atoms with van der Waals surface area (Å²) < 4.78 is 36.7. The van der Waals surface area contributed by atoms with E-state index in [9.17, 15) is 22.8 Å². The molecule has 0 bridgehead atoms. The van der Waals surface area contributed by atoms with Gasteiger partial charge in [-0.05, 0) is 29.7 Å². The monoisotopic (exact) mass is 349 g/mol. The lowest BCUT2D eigenvalue weighted by Gasteiger charge is -2.09. The van der Waals surface area contributed by atoms with Crippen LogP contribution in [0.15, 0.2) is 48.5 Å². The third-order valence-electron chi connectivity index (χ3n) is 3.70. The average molecular weight is 349 g/mol. The fourth-order valence-electron chi connectivity index (χ4n) is 2.28. The van der Waals surface area contributed by atoms with Crippen molar-refractivity contribution in [1.82, 2.24) is 0 Å². The zero-order valence-corrected chi connectivity index (χ0v) is 13.7. The highest BCUT2D eigenvalue weighted by Crippen LogP contribution is 2.24. The van der Waals surface area contributed by atoms with Gasteiger partial charge in [0.2, 0.25) is 0 Å². The molecule has 0 aliphatic heterocycles. The standard InChI is InChI=1S/C19H18F3NO2/c1-2-3-4-17(24)15-7-5-13(6-8-15)14-9-11-16(12-10-14)23-18(25)19(20,21)22/h5-12H,2-4H2,1H3,(H,23,25). The summed E-state index contributed by atoms with van der Waals surface area (Å²) in [5, 5.41) is 1.80. The Labute approximate surface area is 143 Å². The minimum Gasteiger partial charge on any atom is -0.318 e. The number of nitrogens with one attached hydrogen (secondary N) is 1. The van der Waals surface area contributed by atoms with Gasteiger partial charge in [0.05, 0.1) is 0 Å². The van der Waals surface area contributed by atoms with Crippen molar-refractivity contribution >= 4 is 17.4 Å². The van der Waals surface area contributed by atoms with Crippen molar-refractivity contribution in [3.05, 3.63) is 54.1 Å². The summed E-state index contributed by atoms with van der Waals surface area (Å²) in [5.41, 5.74) is 2.32. The summed E-state index contributed by atoms with van der Waals surface area (Å²) in [6, 6.07) is 13.1. The Morgan fingerprint density at radius 2 is 1.44 bits per heavy atom. The van der Waals surface area contributed by atoms with Gasteiger partial charge in [0.25, 0.3) is 0 Å².